The highest BCUT2D eigenvalue weighted by Crippen LogP contribution is 2.21. The largest absolute Gasteiger partial charge is 0.368 e. The Morgan fingerprint density at radius 1 is 0.960 bits per heavy atom. The lowest BCUT2D eigenvalue weighted by Crippen LogP contribution is -2.06. The number of rotatable bonds is 5. The molecule has 0 unspecified atom stereocenters. The Hall–Kier alpha value is -3.75. The molecule has 3 aromatic rings. The maximum Gasteiger partial charge on any atom is 0.223 e. The van der Waals surface area contributed by atoms with E-state index in [1.54, 1.807) is 30.5 Å². The van der Waals surface area contributed by atoms with Crippen LogP contribution in [0.4, 0.5) is 34.8 Å². The molecule has 0 aliphatic carbocycles. The predicted molar refractivity (Wildman–Crippen MR) is 95.8 cm³/mol. The van der Waals surface area contributed by atoms with E-state index in [0.29, 0.717) is 23.1 Å². The van der Waals surface area contributed by atoms with Gasteiger partial charge >= 0.3 is 0 Å². The lowest BCUT2D eigenvalue weighted by atomic mass is 10.2. The van der Waals surface area contributed by atoms with Crippen molar-refractivity contribution in [1.29, 1.82) is 0 Å². The van der Waals surface area contributed by atoms with Gasteiger partial charge in [0.1, 0.15) is 23.8 Å². The summed E-state index contributed by atoms with van der Waals surface area (Å²) >= 11 is 0. The van der Waals surface area contributed by atoms with Gasteiger partial charge < -0.3 is 21.7 Å². The smallest absolute Gasteiger partial charge is 0.223 e. The molecule has 0 aliphatic rings. The van der Waals surface area contributed by atoms with Crippen molar-refractivity contribution in [3.8, 4) is 0 Å². The Morgan fingerprint density at radius 3 is 2.28 bits per heavy atom. The molecule has 126 valence electrons. The SMILES string of the molecule is CC(=O)Nc1ccc(Nc2cc(Nc3ccncn3)nc(N)n2)cc1. The first-order chi connectivity index (χ1) is 12.1. The molecule has 0 fully saturated rings. The summed E-state index contributed by atoms with van der Waals surface area (Å²) in [7, 11) is 0. The van der Waals surface area contributed by atoms with Gasteiger partial charge in [-0.1, -0.05) is 0 Å². The zero-order valence-corrected chi connectivity index (χ0v) is 13.4. The van der Waals surface area contributed by atoms with Crippen molar-refractivity contribution >= 4 is 40.7 Å². The number of hydrogen-bond donors (Lipinski definition) is 4. The van der Waals surface area contributed by atoms with Gasteiger partial charge in [0.05, 0.1) is 0 Å². The third kappa shape index (κ3) is 4.61. The van der Waals surface area contributed by atoms with Gasteiger partial charge in [0, 0.05) is 30.6 Å². The fourth-order valence-corrected chi connectivity index (χ4v) is 2.08. The molecule has 5 N–H and O–H groups in total. The lowest BCUT2D eigenvalue weighted by Gasteiger charge is -2.10. The number of nitrogens with zero attached hydrogens (tertiary/aromatic N) is 4. The van der Waals surface area contributed by atoms with E-state index in [0.717, 1.165) is 5.69 Å². The summed E-state index contributed by atoms with van der Waals surface area (Å²) in [4.78, 5) is 27.2. The minimum absolute atomic E-state index is 0.121. The summed E-state index contributed by atoms with van der Waals surface area (Å²) in [5.41, 5.74) is 7.27. The highest BCUT2D eigenvalue weighted by atomic mass is 16.1. The number of amides is 1. The number of carbonyl (C=O) groups excluding carboxylic acids is 1. The summed E-state index contributed by atoms with van der Waals surface area (Å²) in [6, 6.07) is 10.6. The third-order valence-corrected chi connectivity index (χ3v) is 3.06. The first-order valence-corrected chi connectivity index (χ1v) is 7.41. The van der Waals surface area contributed by atoms with Crippen molar-refractivity contribution in [2.24, 2.45) is 0 Å². The van der Waals surface area contributed by atoms with Gasteiger partial charge in [-0.25, -0.2) is 9.97 Å². The third-order valence-electron chi connectivity index (χ3n) is 3.06. The molecule has 9 heteroatoms. The van der Waals surface area contributed by atoms with Crippen LogP contribution >= 0.6 is 0 Å². The minimum atomic E-state index is -0.121. The second kappa shape index (κ2) is 7.21. The standard InChI is InChI=1S/C16H16N8O/c1-10(25)20-11-2-4-12(5-3-11)21-14-8-15(24-16(17)23-14)22-13-6-7-18-9-19-13/h2-9H,1H3,(H,20,25)(H4,17,18,19,21,22,23,24). The van der Waals surface area contributed by atoms with Crippen LogP contribution in [0.1, 0.15) is 6.92 Å². The molecule has 0 bridgehead atoms. The summed E-state index contributed by atoms with van der Waals surface area (Å²) < 4.78 is 0. The summed E-state index contributed by atoms with van der Waals surface area (Å²) in [6.45, 7) is 1.46. The molecular weight excluding hydrogens is 320 g/mol. The molecular formula is C16H16N8O. The fourth-order valence-electron chi connectivity index (χ4n) is 2.08. The van der Waals surface area contributed by atoms with E-state index in [9.17, 15) is 4.79 Å². The molecule has 0 saturated heterocycles. The van der Waals surface area contributed by atoms with Crippen LogP contribution in [0, 0.1) is 0 Å². The van der Waals surface area contributed by atoms with E-state index in [4.69, 9.17) is 5.73 Å². The Balaban J connectivity index is 1.75. The molecule has 3 rings (SSSR count). The van der Waals surface area contributed by atoms with E-state index < -0.39 is 0 Å². The van der Waals surface area contributed by atoms with Crippen molar-refractivity contribution in [2.75, 3.05) is 21.7 Å². The minimum Gasteiger partial charge on any atom is -0.368 e. The highest BCUT2D eigenvalue weighted by Gasteiger charge is 2.05. The average molecular weight is 336 g/mol. The second-order valence-electron chi connectivity index (χ2n) is 5.10. The molecule has 2 aromatic heterocycles. The first kappa shape index (κ1) is 16.1. The van der Waals surface area contributed by atoms with E-state index in [2.05, 4.69) is 35.9 Å². The number of nitrogens with one attached hydrogen (secondary N) is 3. The quantitative estimate of drug-likeness (QED) is 0.558. The lowest BCUT2D eigenvalue weighted by molar-refractivity contribution is -0.114. The van der Waals surface area contributed by atoms with Crippen LogP contribution in [0.3, 0.4) is 0 Å². The summed E-state index contributed by atoms with van der Waals surface area (Å²) in [5.74, 6) is 1.62. The second-order valence-corrected chi connectivity index (χ2v) is 5.10. The van der Waals surface area contributed by atoms with Gasteiger partial charge in [-0.2, -0.15) is 9.97 Å². The van der Waals surface area contributed by atoms with Crippen LogP contribution in [-0.2, 0) is 4.79 Å². The fraction of sp³-hybridized carbons (Fsp3) is 0.0625. The van der Waals surface area contributed by atoms with Crippen molar-refractivity contribution in [3.63, 3.8) is 0 Å². The van der Waals surface area contributed by atoms with Gasteiger partial charge in [-0.3, -0.25) is 4.79 Å². The number of nitrogens with two attached hydrogens (primary N) is 1. The van der Waals surface area contributed by atoms with Crippen molar-refractivity contribution in [3.05, 3.63) is 48.9 Å². The number of aromatic nitrogens is 4. The van der Waals surface area contributed by atoms with Crippen LogP contribution in [0.2, 0.25) is 0 Å². The Labute approximate surface area is 143 Å². The number of anilines is 6. The molecule has 0 saturated carbocycles. The zero-order chi connectivity index (χ0) is 17.6. The van der Waals surface area contributed by atoms with Gasteiger partial charge in [0.2, 0.25) is 11.9 Å². The van der Waals surface area contributed by atoms with E-state index in [1.807, 2.05) is 12.1 Å². The zero-order valence-electron chi connectivity index (χ0n) is 13.4. The van der Waals surface area contributed by atoms with Crippen LogP contribution in [0.25, 0.3) is 0 Å². The first-order valence-electron chi connectivity index (χ1n) is 7.41. The molecule has 25 heavy (non-hydrogen) atoms. The van der Waals surface area contributed by atoms with Gasteiger partial charge in [0.15, 0.2) is 0 Å². The molecule has 0 radical (unpaired) electrons. The molecule has 1 amide bonds. The Bertz CT molecular complexity index is 867. The molecule has 1 aromatic carbocycles. The van der Waals surface area contributed by atoms with Crippen LogP contribution in [0.5, 0.6) is 0 Å². The summed E-state index contributed by atoms with van der Waals surface area (Å²) in [6.07, 6.45) is 3.05. The van der Waals surface area contributed by atoms with Crippen molar-refractivity contribution in [2.45, 2.75) is 6.92 Å². The topological polar surface area (TPSA) is 131 Å². The van der Waals surface area contributed by atoms with E-state index in [1.165, 1.54) is 13.3 Å². The monoisotopic (exact) mass is 336 g/mol. The Morgan fingerprint density at radius 2 is 1.64 bits per heavy atom. The molecule has 0 atom stereocenters. The maximum atomic E-state index is 11.0. The molecule has 0 aliphatic heterocycles. The Kier molecular flexibility index (Phi) is 4.65. The summed E-state index contributed by atoms with van der Waals surface area (Å²) in [5, 5.41) is 8.87. The van der Waals surface area contributed by atoms with Crippen LogP contribution < -0.4 is 21.7 Å². The van der Waals surface area contributed by atoms with Gasteiger partial charge in [-0.15, -0.1) is 0 Å². The van der Waals surface area contributed by atoms with Crippen LogP contribution in [-0.4, -0.2) is 25.8 Å². The van der Waals surface area contributed by atoms with Crippen molar-refractivity contribution in [1.82, 2.24) is 19.9 Å². The van der Waals surface area contributed by atoms with Gasteiger partial charge in [-0.05, 0) is 30.3 Å². The normalized spacial score (nSPS) is 10.1. The molecule has 0 spiro atoms. The number of nitrogen functional groups attached to an aromatic ring is 1. The van der Waals surface area contributed by atoms with E-state index >= 15 is 0 Å². The average Bonchev–Trinajstić information content (AvgIpc) is 2.56. The van der Waals surface area contributed by atoms with Gasteiger partial charge in [0.25, 0.3) is 0 Å². The van der Waals surface area contributed by atoms with E-state index in [-0.39, 0.29) is 11.9 Å². The van der Waals surface area contributed by atoms with Crippen LogP contribution in [0.15, 0.2) is 48.9 Å². The highest BCUT2D eigenvalue weighted by molar-refractivity contribution is 5.88. The molecule has 2 heterocycles. The maximum absolute atomic E-state index is 11.0. The number of benzene rings is 1. The predicted octanol–water partition coefficient (Wildman–Crippen LogP) is 2.29. The van der Waals surface area contributed by atoms with Crippen molar-refractivity contribution < 1.29 is 4.79 Å². The molecule has 9 nitrogen and oxygen atoms in total. The number of hydrogen-bond acceptors (Lipinski definition) is 8. The number of carbonyl (C=O) groups is 1.